The van der Waals surface area contributed by atoms with Gasteiger partial charge in [0.15, 0.2) is 9.84 Å². The van der Waals surface area contributed by atoms with Gasteiger partial charge in [-0.3, -0.25) is 0 Å². The molecule has 0 radical (unpaired) electrons. The molecule has 0 bridgehead atoms. The maximum atomic E-state index is 13.0. The fourth-order valence-electron chi connectivity index (χ4n) is 4.48. The number of methoxy groups -OCH3 is 1. The van der Waals surface area contributed by atoms with Gasteiger partial charge >= 0.3 is 12.1 Å². The van der Waals surface area contributed by atoms with Crippen molar-refractivity contribution in [1.29, 1.82) is 0 Å². The number of hydrogen-bond donors (Lipinski definition) is 2. The highest BCUT2D eigenvalue weighted by Crippen LogP contribution is 2.30. The molecule has 0 aliphatic heterocycles. The number of sulfone groups is 1. The molecule has 0 heterocycles. The van der Waals surface area contributed by atoms with E-state index in [1.54, 1.807) is 51.1 Å². The van der Waals surface area contributed by atoms with E-state index >= 15 is 0 Å². The number of esters is 1. The third-order valence-electron chi connectivity index (χ3n) is 6.21. The van der Waals surface area contributed by atoms with Crippen LogP contribution in [0.3, 0.4) is 0 Å². The Hall–Kier alpha value is -2.82. The predicted octanol–water partition coefficient (Wildman–Crippen LogP) is 4.13. The molecule has 1 aliphatic carbocycles. The summed E-state index contributed by atoms with van der Waals surface area (Å²) < 4.78 is 36.1. The number of ether oxygens (including phenoxy) is 2. The van der Waals surface area contributed by atoms with E-state index in [1.807, 2.05) is 0 Å². The molecule has 0 spiro atoms. The maximum Gasteiger partial charge on any atom is 0.408 e. The first kappa shape index (κ1) is 30.4. The van der Waals surface area contributed by atoms with E-state index in [0.29, 0.717) is 45.1 Å². The molecule has 1 aromatic carbocycles. The van der Waals surface area contributed by atoms with Crippen molar-refractivity contribution in [2.24, 2.45) is 11.0 Å². The summed E-state index contributed by atoms with van der Waals surface area (Å²) in [6.07, 6.45) is 2.92. The number of unbranched alkanes of at least 4 members (excludes halogenated alkanes) is 1. The monoisotopic (exact) mass is 537 g/mol. The topological polar surface area (TPSA) is 160 Å². The number of benzene rings is 1. The number of rotatable bonds is 12. The average Bonchev–Trinajstić information content (AvgIpc) is 2.83. The van der Waals surface area contributed by atoms with Crippen LogP contribution in [0.1, 0.15) is 59.3 Å². The van der Waals surface area contributed by atoms with Crippen molar-refractivity contribution in [3.8, 4) is 0 Å². The van der Waals surface area contributed by atoms with Crippen LogP contribution in [0.2, 0.25) is 0 Å². The van der Waals surface area contributed by atoms with Gasteiger partial charge < -0.3 is 20.1 Å². The first-order valence-electron chi connectivity index (χ1n) is 12.6. The van der Waals surface area contributed by atoms with Gasteiger partial charge in [-0.25, -0.2) is 18.0 Å². The van der Waals surface area contributed by atoms with Gasteiger partial charge in [0.2, 0.25) is 0 Å². The lowest BCUT2D eigenvalue weighted by molar-refractivity contribution is -0.143. The molecular formula is C25H39N5O6S. The van der Waals surface area contributed by atoms with Gasteiger partial charge in [-0.2, -0.15) is 0 Å². The van der Waals surface area contributed by atoms with Gasteiger partial charge in [0.05, 0.1) is 17.8 Å². The lowest BCUT2D eigenvalue weighted by atomic mass is 9.83. The molecule has 0 aromatic heterocycles. The van der Waals surface area contributed by atoms with E-state index < -0.39 is 33.5 Å². The van der Waals surface area contributed by atoms with Crippen molar-refractivity contribution in [1.82, 2.24) is 10.6 Å². The fraction of sp³-hybridized carbons (Fsp3) is 0.680. The molecule has 12 heteroatoms. The molecule has 11 nitrogen and oxygen atoms in total. The van der Waals surface area contributed by atoms with E-state index in [0.717, 1.165) is 0 Å². The molecule has 2 rings (SSSR count). The van der Waals surface area contributed by atoms with Crippen LogP contribution in [-0.2, 0) is 24.1 Å². The number of nitrogens with zero attached hydrogens (tertiary/aromatic N) is 3. The first-order chi connectivity index (χ1) is 17.4. The summed E-state index contributed by atoms with van der Waals surface area (Å²) >= 11 is 0. The molecule has 1 amide bonds. The molecule has 2 N–H and O–H groups in total. The van der Waals surface area contributed by atoms with Crippen molar-refractivity contribution < 1.29 is 27.5 Å². The Balaban J connectivity index is 1.92. The average molecular weight is 538 g/mol. The van der Waals surface area contributed by atoms with Crippen LogP contribution in [0, 0.1) is 5.92 Å². The van der Waals surface area contributed by atoms with Gasteiger partial charge in [0.1, 0.15) is 11.6 Å². The third kappa shape index (κ3) is 10.6. The van der Waals surface area contributed by atoms with Gasteiger partial charge in [0.25, 0.3) is 0 Å². The van der Waals surface area contributed by atoms with Crippen LogP contribution in [0.5, 0.6) is 0 Å². The summed E-state index contributed by atoms with van der Waals surface area (Å²) in [4.78, 5) is 27.4. The van der Waals surface area contributed by atoms with Gasteiger partial charge in [-0.05, 0) is 89.4 Å². The second-order valence-electron chi connectivity index (χ2n) is 10.3. The van der Waals surface area contributed by atoms with Crippen molar-refractivity contribution >= 4 is 21.9 Å². The maximum absolute atomic E-state index is 13.0. The Kier molecular flexibility index (Phi) is 11.7. The van der Waals surface area contributed by atoms with Crippen molar-refractivity contribution in [2.45, 2.75) is 87.9 Å². The number of hydrogen-bond acceptors (Lipinski definition) is 8. The molecule has 37 heavy (non-hydrogen) atoms. The zero-order valence-corrected chi connectivity index (χ0v) is 22.9. The van der Waals surface area contributed by atoms with Crippen molar-refractivity contribution in [2.75, 3.05) is 19.4 Å². The van der Waals surface area contributed by atoms with Crippen LogP contribution < -0.4 is 10.6 Å². The molecule has 4 unspecified atom stereocenters. The fourth-order valence-corrected chi connectivity index (χ4v) is 6.17. The van der Waals surface area contributed by atoms with E-state index in [1.165, 1.54) is 7.11 Å². The molecule has 1 saturated carbocycles. The standard InChI is InChI=1S/C25H39N5O6S/c1-25(2,3)36-24(32)28-22(23(31)35-4)12-8-9-15-27-21-14-13-19(29-30-26)16-18(21)17-37(33,34)20-10-6-5-7-11-20/h5-7,10-11,18-19,21-22,27H,8-9,12-17H2,1-4H3,(H,28,32). The van der Waals surface area contributed by atoms with E-state index in [-0.39, 0.29) is 28.6 Å². The highest BCUT2D eigenvalue weighted by atomic mass is 32.2. The zero-order chi connectivity index (χ0) is 27.5. The minimum atomic E-state index is -3.49. The highest BCUT2D eigenvalue weighted by molar-refractivity contribution is 7.91. The lowest BCUT2D eigenvalue weighted by Crippen LogP contribution is -2.45. The van der Waals surface area contributed by atoms with E-state index in [2.05, 4.69) is 20.7 Å². The smallest absolute Gasteiger partial charge is 0.408 e. The number of amides is 1. The Morgan fingerprint density at radius 2 is 1.89 bits per heavy atom. The van der Waals surface area contributed by atoms with Gasteiger partial charge in [-0.15, -0.1) is 0 Å². The zero-order valence-electron chi connectivity index (χ0n) is 22.1. The predicted molar refractivity (Wildman–Crippen MR) is 140 cm³/mol. The largest absolute Gasteiger partial charge is 0.467 e. The number of alkyl carbamates (subject to hydrolysis) is 1. The number of nitrogens with one attached hydrogen (secondary N) is 2. The minimum absolute atomic E-state index is 0.0314. The van der Waals surface area contributed by atoms with Crippen molar-refractivity contribution in [3.63, 3.8) is 0 Å². The summed E-state index contributed by atoms with van der Waals surface area (Å²) in [5, 5.41) is 9.88. The Morgan fingerprint density at radius 3 is 2.51 bits per heavy atom. The van der Waals surface area contributed by atoms with Gasteiger partial charge in [-0.1, -0.05) is 23.3 Å². The normalized spacial score (nSPS) is 20.8. The Labute approximate surface area is 219 Å². The number of azide groups is 1. The number of carbonyl (C=O) groups excluding carboxylic acids is 2. The number of carbonyl (C=O) groups is 2. The second-order valence-corrected chi connectivity index (χ2v) is 12.3. The van der Waals surface area contributed by atoms with Crippen LogP contribution in [-0.4, -0.2) is 63.6 Å². The van der Waals surface area contributed by atoms with Crippen molar-refractivity contribution in [3.05, 3.63) is 40.8 Å². The lowest BCUT2D eigenvalue weighted by Gasteiger charge is -2.35. The summed E-state index contributed by atoms with van der Waals surface area (Å²) in [5.74, 6) is -0.774. The molecule has 1 aromatic rings. The minimum Gasteiger partial charge on any atom is -0.467 e. The van der Waals surface area contributed by atoms with Crippen LogP contribution in [0.4, 0.5) is 4.79 Å². The second kappa shape index (κ2) is 14.2. The molecule has 206 valence electrons. The van der Waals surface area contributed by atoms with Gasteiger partial charge in [0, 0.05) is 17.0 Å². The Morgan fingerprint density at radius 1 is 1.19 bits per heavy atom. The molecular weight excluding hydrogens is 498 g/mol. The molecule has 1 fully saturated rings. The van der Waals surface area contributed by atoms with Crippen LogP contribution in [0.25, 0.3) is 10.4 Å². The SMILES string of the molecule is COC(=O)C(CCCCNC1CCC(N=[N+]=[N-])CC1CS(=O)(=O)c1ccccc1)NC(=O)OC(C)(C)C. The van der Waals surface area contributed by atoms with E-state index in [9.17, 15) is 18.0 Å². The third-order valence-corrected chi connectivity index (χ3v) is 8.07. The summed E-state index contributed by atoms with van der Waals surface area (Å²) in [5.41, 5.74) is 8.17. The molecule has 1 aliphatic rings. The highest BCUT2D eigenvalue weighted by Gasteiger charge is 2.33. The van der Waals surface area contributed by atoms with E-state index in [4.69, 9.17) is 15.0 Å². The Bertz CT molecular complexity index is 1040. The van der Waals surface area contributed by atoms with Crippen LogP contribution in [0.15, 0.2) is 40.3 Å². The summed E-state index contributed by atoms with van der Waals surface area (Å²) in [7, 11) is -2.23. The molecule has 0 saturated heterocycles. The van der Waals surface area contributed by atoms with Crippen LogP contribution >= 0.6 is 0 Å². The molecule has 4 atom stereocenters. The summed E-state index contributed by atoms with van der Waals surface area (Å²) in [6.45, 7) is 5.83. The quantitative estimate of drug-likeness (QED) is 0.133. The first-order valence-corrected chi connectivity index (χ1v) is 14.2. The summed E-state index contributed by atoms with van der Waals surface area (Å²) in [6, 6.07) is 7.27.